The van der Waals surface area contributed by atoms with E-state index in [4.69, 9.17) is 4.42 Å². The number of hydrogen-bond donors (Lipinski definition) is 1. The summed E-state index contributed by atoms with van der Waals surface area (Å²) in [4.78, 5) is 0. The van der Waals surface area contributed by atoms with E-state index in [1.165, 1.54) is 0 Å². The summed E-state index contributed by atoms with van der Waals surface area (Å²) in [5, 5.41) is 10.7. The van der Waals surface area contributed by atoms with Crippen LogP contribution in [0.4, 0.5) is 13.2 Å². The lowest BCUT2D eigenvalue weighted by Gasteiger charge is -2.10. The molecule has 4 nitrogen and oxygen atoms in total. The second-order valence-corrected chi connectivity index (χ2v) is 4.22. The van der Waals surface area contributed by atoms with E-state index in [0.29, 0.717) is 5.89 Å². The predicted molar refractivity (Wildman–Crippen MR) is 66.3 cm³/mol. The van der Waals surface area contributed by atoms with E-state index in [1.54, 1.807) is 0 Å². The van der Waals surface area contributed by atoms with Crippen molar-refractivity contribution in [2.24, 2.45) is 0 Å². The number of benzene rings is 1. The molecule has 0 radical (unpaired) electrons. The fourth-order valence-corrected chi connectivity index (χ4v) is 1.82. The summed E-state index contributed by atoms with van der Waals surface area (Å²) in [5.41, 5.74) is 0.00602. The Morgan fingerprint density at radius 3 is 2.35 bits per heavy atom. The van der Waals surface area contributed by atoms with Gasteiger partial charge >= 0.3 is 0 Å². The number of halogens is 3. The topological polar surface area (TPSA) is 51.0 Å². The van der Waals surface area contributed by atoms with Crippen molar-refractivity contribution in [3.8, 4) is 11.5 Å². The molecule has 0 aliphatic heterocycles. The van der Waals surface area contributed by atoms with Gasteiger partial charge < -0.3 is 9.73 Å². The van der Waals surface area contributed by atoms with Gasteiger partial charge in [0.2, 0.25) is 11.8 Å². The lowest BCUT2D eigenvalue weighted by Crippen LogP contribution is -2.20. The number of hydrogen-bond acceptors (Lipinski definition) is 4. The minimum absolute atomic E-state index is 0.00602. The SMILES string of the molecule is CCNC(CC)c1nnc(-c2cc(F)c(F)c(F)c2)o1. The Morgan fingerprint density at radius 1 is 1.15 bits per heavy atom. The molecule has 1 heterocycles. The second-order valence-electron chi connectivity index (χ2n) is 4.22. The fraction of sp³-hybridized carbons (Fsp3) is 0.385. The number of nitrogens with one attached hydrogen (secondary N) is 1. The summed E-state index contributed by atoms with van der Waals surface area (Å²) in [5.74, 6) is -3.83. The van der Waals surface area contributed by atoms with Crippen molar-refractivity contribution in [3.05, 3.63) is 35.5 Å². The van der Waals surface area contributed by atoms with Gasteiger partial charge in [0.15, 0.2) is 17.5 Å². The fourth-order valence-electron chi connectivity index (χ4n) is 1.82. The van der Waals surface area contributed by atoms with E-state index in [9.17, 15) is 13.2 Å². The zero-order chi connectivity index (χ0) is 14.7. The Kier molecular flexibility index (Phi) is 4.39. The first-order valence-corrected chi connectivity index (χ1v) is 6.28. The third-order valence-corrected chi connectivity index (χ3v) is 2.83. The van der Waals surface area contributed by atoms with Crippen LogP contribution in [0, 0.1) is 17.5 Å². The second kappa shape index (κ2) is 6.04. The van der Waals surface area contributed by atoms with Crippen molar-refractivity contribution < 1.29 is 17.6 Å². The van der Waals surface area contributed by atoms with Crippen LogP contribution in [0.25, 0.3) is 11.5 Å². The highest BCUT2D eigenvalue weighted by Gasteiger charge is 2.19. The molecular formula is C13H14F3N3O. The van der Waals surface area contributed by atoms with Crippen molar-refractivity contribution in [1.82, 2.24) is 15.5 Å². The zero-order valence-electron chi connectivity index (χ0n) is 11.1. The van der Waals surface area contributed by atoms with Gasteiger partial charge in [-0.15, -0.1) is 10.2 Å². The smallest absolute Gasteiger partial charge is 0.248 e. The van der Waals surface area contributed by atoms with E-state index in [-0.39, 0.29) is 17.5 Å². The lowest BCUT2D eigenvalue weighted by atomic mass is 10.2. The van der Waals surface area contributed by atoms with Crippen LogP contribution >= 0.6 is 0 Å². The van der Waals surface area contributed by atoms with Crippen molar-refractivity contribution in [1.29, 1.82) is 0 Å². The van der Waals surface area contributed by atoms with E-state index >= 15 is 0 Å². The molecule has 0 spiro atoms. The summed E-state index contributed by atoms with van der Waals surface area (Å²) >= 11 is 0. The van der Waals surface area contributed by atoms with Crippen LogP contribution in [0.2, 0.25) is 0 Å². The molecule has 20 heavy (non-hydrogen) atoms. The average Bonchev–Trinajstić information content (AvgIpc) is 2.91. The molecule has 2 aromatic rings. The highest BCUT2D eigenvalue weighted by Crippen LogP contribution is 2.25. The number of rotatable bonds is 5. The van der Waals surface area contributed by atoms with Crippen LogP contribution in [0.15, 0.2) is 16.5 Å². The summed E-state index contributed by atoms with van der Waals surface area (Å²) in [6, 6.07) is 1.52. The van der Waals surface area contributed by atoms with E-state index in [0.717, 1.165) is 25.1 Å². The standard InChI is InChI=1S/C13H14F3N3O/c1-3-10(17-4-2)13-19-18-12(20-13)7-5-8(14)11(16)9(15)6-7/h5-6,10,17H,3-4H2,1-2H3. The summed E-state index contributed by atoms with van der Waals surface area (Å²) in [6.07, 6.45) is 0.724. The van der Waals surface area contributed by atoms with Crippen LogP contribution in [0.3, 0.4) is 0 Å². The predicted octanol–water partition coefficient (Wildman–Crippen LogP) is 3.21. The van der Waals surface area contributed by atoms with Crippen LogP contribution in [-0.4, -0.2) is 16.7 Å². The Bertz CT molecular complexity index is 577. The summed E-state index contributed by atoms with van der Waals surface area (Å²) in [6.45, 7) is 4.59. The monoisotopic (exact) mass is 285 g/mol. The Morgan fingerprint density at radius 2 is 1.80 bits per heavy atom. The first kappa shape index (κ1) is 14.5. The molecule has 0 aliphatic carbocycles. The molecule has 0 aliphatic rings. The molecule has 108 valence electrons. The maximum atomic E-state index is 13.2. The molecule has 2 rings (SSSR count). The maximum absolute atomic E-state index is 13.2. The van der Waals surface area contributed by atoms with Gasteiger partial charge in [-0.3, -0.25) is 0 Å². The largest absolute Gasteiger partial charge is 0.419 e. The maximum Gasteiger partial charge on any atom is 0.248 e. The molecule has 1 aromatic heterocycles. The third kappa shape index (κ3) is 2.82. The molecule has 1 unspecified atom stereocenters. The van der Waals surface area contributed by atoms with Gasteiger partial charge in [-0.05, 0) is 25.1 Å². The summed E-state index contributed by atoms with van der Waals surface area (Å²) < 4.78 is 44.6. The van der Waals surface area contributed by atoms with Crippen molar-refractivity contribution in [2.45, 2.75) is 26.3 Å². The quantitative estimate of drug-likeness (QED) is 0.857. The molecule has 0 saturated heterocycles. The van der Waals surface area contributed by atoms with Gasteiger partial charge in [-0.2, -0.15) is 0 Å². The number of aromatic nitrogens is 2. The molecule has 0 fully saturated rings. The minimum atomic E-state index is -1.52. The third-order valence-electron chi connectivity index (χ3n) is 2.83. The van der Waals surface area contributed by atoms with Gasteiger partial charge in [-0.25, -0.2) is 13.2 Å². The Labute approximate surface area is 114 Å². The highest BCUT2D eigenvalue weighted by molar-refractivity contribution is 5.52. The van der Waals surface area contributed by atoms with Crippen molar-refractivity contribution in [3.63, 3.8) is 0 Å². The summed E-state index contributed by atoms with van der Waals surface area (Å²) in [7, 11) is 0. The average molecular weight is 285 g/mol. The van der Waals surface area contributed by atoms with E-state index < -0.39 is 17.5 Å². The molecule has 0 amide bonds. The first-order valence-electron chi connectivity index (χ1n) is 6.28. The van der Waals surface area contributed by atoms with Crippen molar-refractivity contribution >= 4 is 0 Å². The molecule has 7 heteroatoms. The first-order chi connectivity index (χ1) is 9.56. The van der Waals surface area contributed by atoms with E-state index in [1.807, 2.05) is 13.8 Å². The van der Waals surface area contributed by atoms with Gasteiger partial charge in [0.05, 0.1) is 6.04 Å². The highest BCUT2D eigenvalue weighted by atomic mass is 19.2. The molecule has 1 atom stereocenters. The molecule has 0 bridgehead atoms. The van der Waals surface area contributed by atoms with Gasteiger partial charge in [0, 0.05) is 5.56 Å². The van der Waals surface area contributed by atoms with Gasteiger partial charge in [0.1, 0.15) is 0 Å². The van der Waals surface area contributed by atoms with E-state index in [2.05, 4.69) is 15.5 Å². The lowest BCUT2D eigenvalue weighted by molar-refractivity contribution is 0.401. The Hall–Kier alpha value is -1.89. The molecule has 0 saturated carbocycles. The molecule has 1 N–H and O–H groups in total. The van der Waals surface area contributed by atoms with Crippen molar-refractivity contribution in [2.75, 3.05) is 6.54 Å². The normalized spacial score (nSPS) is 12.7. The van der Waals surface area contributed by atoms with Crippen LogP contribution < -0.4 is 5.32 Å². The van der Waals surface area contributed by atoms with Crippen LogP contribution in [0.1, 0.15) is 32.2 Å². The molecular weight excluding hydrogens is 271 g/mol. The minimum Gasteiger partial charge on any atom is -0.419 e. The number of nitrogens with zero attached hydrogens (tertiary/aromatic N) is 2. The molecule has 1 aromatic carbocycles. The van der Waals surface area contributed by atoms with Crippen LogP contribution in [-0.2, 0) is 0 Å². The zero-order valence-corrected chi connectivity index (χ0v) is 11.1. The Balaban J connectivity index is 2.33. The van der Waals surface area contributed by atoms with Gasteiger partial charge in [-0.1, -0.05) is 13.8 Å². The van der Waals surface area contributed by atoms with Gasteiger partial charge in [0.25, 0.3) is 0 Å². The van der Waals surface area contributed by atoms with Crippen LogP contribution in [0.5, 0.6) is 0 Å².